The van der Waals surface area contributed by atoms with E-state index in [-0.39, 0.29) is 12.0 Å². The Labute approximate surface area is 129 Å². The molecular formula is C15H22N2O3S. The number of hydrogen-bond donors (Lipinski definition) is 1. The molecule has 3 rings (SSSR count). The smallest absolute Gasteiger partial charge is 0.267 e. The number of aliphatic hydroxyl groups is 1. The first-order valence-corrected chi connectivity index (χ1v) is 8.41. The first kappa shape index (κ1) is 14.8. The zero-order valence-corrected chi connectivity index (χ0v) is 13.1. The molecular weight excluding hydrogens is 288 g/mol. The highest BCUT2D eigenvalue weighted by atomic mass is 32.1. The molecule has 0 radical (unpaired) electrons. The van der Waals surface area contributed by atoms with Crippen molar-refractivity contribution in [1.82, 2.24) is 9.80 Å². The molecule has 1 saturated carbocycles. The number of nitrogens with zero attached hydrogens (tertiary/aromatic N) is 2. The Morgan fingerprint density at radius 1 is 1.33 bits per heavy atom. The summed E-state index contributed by atoms with van der Waals surface area (Å²) in [6.45, 7) is 3.15. The highest BCUT2D eigenvalue weighted by molar-refractivity contribution is 7.12. The Bertz CT molecular complexity index is 497. The summed E-state index contributed by atoms with van der Waals surface area (Å²) in [4.78, 5) is 17.4. The maximum atomic E-state index is 12.5. The Morgan fingerprint density at radius 3 is 2.71 bits per heavy atom. The van der Waals surface area contributed by atoms with Gasteiger partial charge in [-0.15, -0.1) is 11.3 Å². The van der Waals surface area contributed by atoms with Crippen LogP contribution in [-0.4, -0.2) is 66.2 Å². The topological polar surface area (TPSA) is 53.0 Å². The average molecular weight is 310 g/mol. The van der Waals surface area contributed by atoms with Crippen LogP contribution < -0.4 is 4.74 Å². The van der Waals surface area contributed by atoms with Gasteiger partial charge in [0.25, 0.3) is 5.91 Å². The molecule has 0 bridgehead atoms. The fourth-order valence-corrected chi connectivity index (χ4v) is 4.19. The highest BCUT2D eigenvalue weighted by Gasteiger charge is 2.34. The SMILES string of the molecule is COc1ccsc1C(=O)N1CCN([C@H]2CCC[C@H]2O)CC1. The van der Waals surface area contributed by atoms with Crippen LogP contribution in [0.3, 0.4) is 0 Å². The summed E-state index contributed by atoms with van der Waals surface area (Å²) in [5.74, 6) is 0.729. The van der Waals surface area contributed by atoms with Crippen LogP contribution in [0.25, 0.3) is 0 Å². The third-order valence-electron chi connectivity index (χ3n) is 4.56. The van der Waals surface area contributed by atoms with Crippen LogP contribution in [0.15, 0.2) is 11.4 Å². The lowest BCUT2D eigenvalue weighted by Gasteiger charge is -2.39. The van der Waals surface area contributed by atoms with Crippen molar-refractivity contribution in [3.8, 4) is 5.75 Å². The van der Waals surface area contributed by atoms with Crippen molar-refractivity contribution in [2.24, 2.45) is 0 Å². The fraction of sp³-hybridized carbons (Fsp3) is 0.667. The van der Waals surface area contributed by atoms with E-state index in [9.17, 15) is 9.90 Å². The summed E-state index contributed by atoms with van der Waals surface area (Å²) >= 11 is 1.43. The van der Waals surface area contributed by atoms with Crippen LogP contribution in [0, 0.1) is 0 Å². The summed E-state index contributed by atoms with van der Waals surface area (Å²) in [5.41, 5.74) is 0. The van der Waals surface area contributed by atoms with E-state index in [0.29, 0.717) is 16.7 Å². The summed E-state index contributed by atoms with van der Waals surface area (Å²) in [6, 6.07) is 2.13. The van der Waals surface area contributed by atoms with E-state index in [1.807, 2.05) is 16.3 Å². The van der Waals surface area contributed by atoms with Crippen molar-refractivity contribution in [2.75, 3.05) is 33.3 Å². The van der Waals surface area contributed by atoms with Crippen molar-refractivity contribution in [1.29, 1.82) is 0 Å². The largest absolute Gasteiger partial charge is 0.495 e. The van der Waals surface area contributed by atoms with E-state index in [4.69, 9.17) is 4.74 Å². The minimum atomic E-state index is -0.190. The summed E-state index contributed by atoms with van der Waals surface area (Å²) in [6.07, 6.45) is 2.91. The lowest BCUT2D eigenvalue weighted by molar-refractivity contribution is 0.0316. The van der Waals surface area contributed by atoms with Crippen LogP contribution in [0.5, 0.6) is 5.75 Å². The van der Waals surface area contributed by atoms with Crippen molar-refractivity contribution in [2.45, 2.75) is 31.4 Å². The number of thiophene rings is 1. The molecule has 2 atom stereocenters. The molecule has 2 aliphatic rings. The third-order valence-corrected chi connectivity index (χ3v) is 5.44. The molecule has 1 amide bonds. The molecule has 1 N–H and O–H groups in total. The molecule has 1 saturated heterocycles. The zero-order valence-electron chi connectivity index (χ0n) is 12.3. The molecule has 1 aliphatic carbocycles. The molecule has 1 aliphatic heterocycles. The van der Waals surface area contributed by atoms with Crippen LogP contribution in [0.2, 0.25) is 0 Å². The Kier molecular flexibility index (Phi) is 4.47. The maximum Gasteiger partial charge on any atom is 0.267 e. The standard InChI is InChI=1S/C15H22N2O3S/c1-20-13-5-10-21-14(13)15(19)17-8-6-16(7-9-17)11-3-2-4-12(11)18/h5,10-12,18H,2-4,6-9H2,1H3/t11-,12+/m0/s1. The minimum absolute atomic E-state index is 0.0634. The quantitative estimate of drug-likeness (QED) is 0.917. The van der Waals surface area contributed by atoms with Gasteiger partial charge in [-0.1, -0.05) is 0 Å². The number of aliphatic hydroxyl groups excluding tert-OH is 1. The maximum absolute atomic E-state index is 12.5. The number of rotatable bonds is 3. The van der Waals surface area contributed by atoms with Crippen LogP contribution in [0.1, 0.15) is 28.9 Å². The van der Waals surface area contributed by atoms with Crippen molar-refractivity contribution in [3.05, 3.63) is 16.3 Å². The Hall–Kier alpha value is -1.11. The highest BCUT2D eigenvalue weighted by Crippen LogP contribution is 2.28. The van der Waals surface area contributed by atoms with E-state index in [0.717, 1.165) is 45.4 Å². The lowest BCUT2D eigenvalue weighted by Crippen LogP contribution is -2.53. The molecule has 5 nitrogen and oxygen atoms in total. The van der Waals surface area contributed by atoms with Gasteiger partial charge >= 0.3 is 0 Å². The van der Waals surface area contributed by atoms with Gasteiger partial charge in [-0.3, -0.25) is 9.69 Å². The van der Waals surface area contributed by atoms with Crippen molar-refractivity contribution < 1.29 is 14.6 Å². The fourth-order valence-electron chi connectivity index (χ4n) is 3.36. The molecule has 0 spiro atoms. The van der Waals surface area contributed by atoms with Gasteiger partial charge in [-0.05, 0) is 30.7 Å². The molecule has 0 unspecified atom stereocenters. The second-order valence-corrected chi connectivity index (χ2v) is 6.63. The van der Waals surface area contributed by atoms with Crippen LogP contribution >= 0.6 is 11.3 Å². The lowest BCUT2D eigenvalue weighted by atomic mass is 10.1. The molecule has 0 aromatic carbocycles. The van der Waals surface area contributed by atoms with Gasteiger partial charge in [0, 0.05) is 32.2 Å². The molecule has 1 aromatic rings. The van der Waals surface area contributed by atoms with Gasteiger partial charge < -0.3 is 14.7 Å². The van der Waals surface area contributed by atoms with E-state index in [1.54, 1.807) is 7.11 Å². The Morgan fingerprint density at radius 2 is 2.10 bits per heavy atom. The van der Waals surface area contributed by atoms with Crippen molar-refractivity contribution >= 4 is 17.2 Å². The Balaban J connectivity index is 1.59. The molecule has 1 aromatic heterocycles. The normalized spacial score (nSPS) is 27.0. The summed E-state index contributed by atoms with van der Waals surface area (Å²) in [5, 5.41) is 11.9. The second kappa shape index (κ2) is 6.34. The molecule has 2 heterocycles. The number of hydrogen-bond acceptors (Lipinski definition) is 5. The second-order valence-electron chi connectivity index (χ2n) is 5.71. The molecule has 21 heavy (non-hydrogen) atoms. The van der Waals surface area contributed by atoms with E-state index < -0.39 is 0 Å². The van der Waals surface area contributed by atoms with Gasteiger partial charge in [-0.25, -0.2) is 0 Å². The van der Waals surface area contributed by atoms with Gasteiger partial charge in [0.05, 0.1) is 13.2 Å². The van der Waals surface area contributed by atoms with E-state index in [2.05, 4.69) is 4.90 Å². The molecule has 2 fully saturated rings. The van der Waals surface area contributed by atoms with Gasteiger partial charge in [0.15, 0.2) is 0 Å². The number of ether oxygens (including phenoxy) is 1. The zero-order chi connectivity index (χ0) is 14.8. The number of methoxy groups -OCH3 is 1. The van der Waals surface area contributed by atoms with Crippen LogP contribution in [0.4, 0.5) is 0 Å². The summed E-state index contributed by atoms with van der Waals surface area (Å²) < 4.78 is 5.23. The van der Waals surface area contributed by atoms with Gasteiger partial charge in [0.2, 0.25) is 0 Å². The predicted molar refractivity (Wildman–Crippen MR) is 82.0 cm³/mol. The van der Waals surface area contributed by atoms with Crippen molar-refractivity contribution in [3.63, 3.8) is 0 Å². The first-order chi connectivity index (χ1) is 10.2. The van der Waals surface area contributed by atoms with Gasteiger partial charge in [-0.2, -0.15) is 0 Å². The van der Waals surface area contributed by atoms with Gasteiger partial charge in [0.1, 0.15) is 10.6 Å². The average Bonchev–Trinajstić information content (AvgIpc) is 3.15. The number of carbonyl (C=O) groups is 1. The minimum Gasteiger partial charge on any atom is -0.495 e. The number of carbonyl (C=O) groups excluding carboxylic acids is 1. The van der Waals surface area contributed by atoms with E-state index >= 15 is 0 Å². The van der Waals surface area contributed by atoms with Crippen LogP contribution in [-0.2, 0) is 0 Å². The predicted octanol–water partition coefficient (Wildman–Crippen LogP) is 1.43. The first-order valence-electron chi connectivity index (χ1n) is 7.53. The molecule has 6 heteroatoms. The third kappa shape index (κ3) is 2.93. The van der Waals surface area contributed by atoms with E-state index in [1.165, 1.54) is 11.3 Å². The molecule has 116 valence electrons. The monoisotopic (exact) mass is 310 g/mol. The number of amides is 1. The summed E-state index contributed by atoms with van der Waals surface area (Å²) in [7, 11) is 1.60. The number of piperazine rings is 1.